The fraction of sp³-hybridized carbons (Fsp3) is 0.0667. The Morgan fingerprint density at radius 3 is 2.95 bits per heavy atom. The van der Waals surface area contributed by atoms with Crippen molar-refractivity contribution >= 4 is 23.2 Å². The summed E-state index contributed by atoms with van der Waals surface area (Å²) in [4.78, 5) is 15.9. The Balaban J connectivity index is 2.06. The minimum Gasteiger partial charge on any atom is -0.477 e. The van der Waals surface area contributed by atoms with Crippen LogP contribution in [0.25, 0.3) is 16.9 Å². The fourth-order valence-electron chi connectivity index (χ4n) is 2.82. The number of carboxylic acids is 1. The number of carboxylic acid groups (broad SMARTS) is 1. The fourth-order valence-corrected chi connectivity index (χ4v) is 3.01. The maximum Gasteiger partial charge on any atom is 0.352 e. The minimum absolute atomic E-state index is 0.232. The van der Waals surface area contributed by atoms with Crippen molar-refractivity contribution < 1.29 is 9.90 Å². The van der Waals surface area contributed by atoms with E-state index in [0.29, 0.717) is 17.1 Å². The molecule has 0 aliphatic heterocycles. The molecule has 2 aromatic heterocycles. The number of pyridine rings is 1. The number of halogens is 1. The van der Waals surface area contributed by atoms with Crippen molar-refractivity contribution in [3.63, 3.8) is 0 Å². The Kier molecular flexibility index (Phi) is 2.20. The number of imidazole rings is 1. The van der Waals surface area contributed by atoms with Crippen LogP contribution in [0.4, 0.5) is 0 Å². The highest BCUT2D eigenvalue weighted by Gasteiger charge is 2.26. The molecule has 0 saturated heterocycles. The maximum atomic E-state index is 11.4. The molecule has 98 valence electrons. The van der Waals surface area contributed by atoms with Crippen LogP contribution in [0, 0.1) is 0 Å². The Morgan fingerprint density at radius 2 is 2.15 bits per heavy atom. The number of carbonyl (C=O) groups is 1. The topological polar surface area (TPSA) is 54.6 Å². The van der Waals surface area contributed by atoms with Crippen molar-refractivity contribution in [1.82, 2.24) is 9.38 Å². The van der Waals surface area contributed by atoms with Crippen LogP contribution in [0.2, 0.25) is 5.02 Å². The van der Waals surface area contributed by atoms with E-state index in [9.17, 15) is 9.90 Å². The summed E-state index contributed by atoms with van der Waals surface area (Å²) in [7, 11) is 0. The van der Waals surface area contributed by atoms with Gasteiger partial charge in [-0.3, -0.25) is 4.40 Å². The van der Waals surface area contributed by atoms with Gasteiger partial charge in [0.2, 0.25) is 0 Å². The molecule has 2 heterocycles. The summed E-state index contributed by atoms with van der Waals surface area (Å²) < 4.78 is 1.71. The number of fused-ring (bicyclic) bond motifs is 5. The summed E-state index contributed by atoms with van der Waals surface area (Å²) >= 11 is 6.01. The molecule has 1 aromatic carbocycles. The van der Waals surface area contributed by atoms with E-state index in [2.05, 4.69) is 4.98 Å². The number of benzene rings is 1. The van der Waals surface area contributed by atoms with Crippen LogP contribution in [0.3, 0.4) is 0 Å². The van der Waals surface area contributed by atoms with Gasteiger partial charge < -0.3 is 5.11 Å². The first-order valence-electron chi connectivity index (χ1n) is 6.17. The van der Waals surface area contributed by atoms with E-state index in [-0.39, 0.29) is 5.69 Å². The third-order valence-electron chi connectivity index (χ3n) is 3.64. The summed E-state index contributed by atoms with van der Waals surface area (Å²) in [6, 6.07) is 10.8. The van der Waals surface area contributed by atoms with E-state index >= 15 is 0 Å². The Hall–Kier alpha value is -2.33. The molecule has 4 nitrogen and oxygen atoms in total. The van der Waals surface area contributed by atoms with Gasteiger partial charge in [0.1, 0.15) is 11.3 Å². The van der Waals surface area contributed by atoms with Gasteiger partial charge in [-0.15, -0.1) is 0 Å². The molecule has 0 radical (unpaired) electrons. The van der Waals surface area contributed by atoms with Crippen LogP contribution in [0.1, 0.15) is 21.7 Å². The van der Waals surface area contributed by atoms with Gasteiger partial charge in [0.25, 0.3) is 0 Å². The number of nitrogens with zero attached hydrogens (tertiary/aromatic N) is 2. The molecule has 3 aromatic rings. The molecule has 5 heteroatoms. The van der Waals surface area contributed by atoms with Crippen molar-refractivity contribution in [3.05, 3.63) is 58.4 Å². The zero-order valence-corrected chi connectivity index (χ0v) is 11.1. The lowest BCUT2D eigenvalue weighted by Gasteiger charge is -2.03. The lowest BCUT2D eigenvalue weighted by atomic mass is 10.1. The Labute approximate surface area is 119 Å². The van der Waals surface area contributed by atoms with Gasteiger partial charge in [0.05, 0.1) is 11.4 Å². The van der Waals surface area contributed by atoms with Gasteiger partial charge >= 0.3 is 5.97 Å². The van der Waals surface area contributed by atoms with E-state index in [1.54, 1.807) is 16.5 Å². The summed E-state index contributed by atoms with van der Waals surface area (Å²) in [6.07, 6.45) is 0.649. The molecular weight excluding hydrogens is 276 g/mol. The normalized spacial score (nSPS) is 12.4. The van der Waals surface area contributed by atoms with Crippen LogP contribution in [0.5, 0.6) is 0 Å². The second-order valence-corrected chi connectivity index (χ2v) is 5.23. The third-order valence-corrected chi connectivity index (χ3v) is 3.87. The highest BCUT2D eigenvalue weighted by Crippen LogP contribution is 2.38. The van der Waals surface area contributed by atoms with Crippen molar-refractivity contribution in [3.8, 4) is 11.3 Å². The predicted molar refractivity (Wildman–Crippen MR) is 75.4 cm³/mol. The highest BCUT2D eigenvalue weighted by atomic mass is 35.5. The summed E-state index contributed by atoms with van der Waals surface area (Å²) in [5, 5.41) is 10.0. The lowest BCUT2D eigenvalue weighted by molar-refractivity contribution is 0.0688. The average molecular weight is 285 g/mol. The first kappa shape index (κ1) is 11.5. The molecule has 20 heavy (non-hydrogen) atoms. The molecule has 4 rings (SSSR count). The van der Waals surface area contributed by atoms with E-state index in [0.717, 1.165) is 22.5 Å². The molecule has 0 saturated carbocycles. The van der Waals surface area contributed by atoms with Crippen LogP contribution in [0.15, 0.2) is 36.4 Å². The smallest absolute Gasteiger partial charge is 0.352 e. The first-order chi connectivity index (χ1) is 9.65. The zero-order chi connectivity index (χ0) is 13.9. The van der Waals surface area contributed by atoms with Gasteiger partial charge in [-0.05, 0) is 29.8 Å². The maximum absolute atomic E-state index is 11.4. The van der Waals surface area contributed by atoms with E-state index in [1.165, 1.54) is 0 Å². The zero-order valence-electron chi connectivity index (χ0n) is 10.3. The van der Waals surface area contributed by atoms with Gasteiger partial charge in [-0.2, -0.15) is 0 Å². The van der Waals surface area contributed by atoms with Gasteiger partial charge in [-0.25, -0.2) is 9.78 Å². The molecule has 1 aliphatic rings. The standard InChI is InChI=1S/C15H9ClN2O2/c16-9-4-5-10-8(6-9)7-12-14(10)17-13-3-1-2-11(15(19)20)18(12)13/h1-6H,7H2,(H,19,20). The van der Waals surface area contributed by atoms with Crippen LogP contribution in [-0.2, 0) is 6.42 Å². The number of rotatable bonds is 1. The second-order valence-electron chi connectivity index (χ2n) is 4.80. The largest absolute Gasteiger partial charge is 0.477 e. The second kappa shape index (κ2) is 3.84. The Bertz CT molecular complexity index is 883. The lowest BCUT2D eigenvalue weighted by Crippen LogP contribution is -2.06. The SMILES string of the molecule is O=C(O)c1cccc2nc3c(n12)Cc1cc(Cl)ccc1-3. The van der Waals surface area contributed by atoms with E-state index in [1.807, 2.05) is 24.3 Å². The summed E-state index contributed by atoms with van der Waals surface area (Å²) in [5.74, 6) is -0.954. The molecule has 0 unspecified atom stereocenters. The predicted octanol–water partition coefficient (Wildman–Crippen LogP) is 3.26. The van der Waals surface area contributed by atoms with Crippen LogP contribution in [-0.4, -0.2) is 20.5 Å². The third kappa shape index (κ3) is 1.42. The molecule has 0 bridgehead atoms. The summed E-state index contributed by atoms with van der Waals surface area (Å²) in [6.45, 7) is 0. The van der Waals surface area contributed by atoms with Gasteiger partial charge in [0.15, 0.2) is 0 Å². The number of hydrogen-bond donors (Lipinski definition) is 1. The molecule has 0 fully saturated rings. The monoisotopic (exact) mass is 284 g/mol. The molecule has 0 spiro atoms. The number of aromatic carboxylic acids is 1. The van der Waals surface area contributed by atoms with Crippen molar-refractivity contribution in [1.29, 1.82) is 0 Å². The highest BCUT2D eigenvalue weighted by molar-refractivity contribution is 6.30. The van der Waals surface area contributed by atoms with Crippen LogP contribution >= 0.6 is 11.6 Å². The quantitative estimate of drug-likeness (QED) is 0.584. The average Bonchev–Trinajstić information content (AvgIpc) is 2.93. The molecular formula is C15H9ClN2O2. The molecule has 0 amide bonds. The molecule has 0 atom stereocenters. The first-order valence-corrected chi connectivity index (χ1v) is 6.55. The van der Waals surface area contributed by atoms with Crippen LogP contribution < -0.4 is 0 Å². The van der Waals surface area contributed by atoms with Crippen molar-refractivity contribution in [2.75, 3.05) is 0 Å². The van der Waals surface area contributed by atoms with Gasteiger partial charge in [-0.1, -0.05) is 23.7 Å². The summed E-state index contributed by atoms with van der Waals surface area (Å²) in [5.41, 5.74) is 4.78. The van der Waals surface area contributed by atoms with E-state index < -0.39 is 5.97 Å². The van der Waals surface area contributed by atoms with Crippen molar-refractivity contribution in [2.24, 2.45) is 0 Å². The minimum atomic E-state index is -0.954. The number of aromatic nitrogens is 2. The molecule has 1 N–H and O–H groups in total. The Morgan fingerprint density at radius 1 is 1.30 bits per heavy atom. The van der Waals surface area contributed by atoms with E-state index in [4.69, 9.17) is 11.6 Å². The number of hydrogen-bond acceptors (Lipinski definition) is 2. The van der Waals surface area contributed by atoms with Gasteiger partial charge in [0, 0.05) is 17.0 Å². The van der Waals surface area contributed by atoms with Crippen molar-refractivity contribution in [2.45, 2.75) is 6.42 Å². The molecule has 1 aliphatic carbocycles.